The number of ether oxygens (including phenoxy) is 1. The van der Waals surface area contributed by atoms with Crippen molar-refractivity contribution in [2.45, 2.75) is 13.0 Å². The normalized spacial score (nSPS) is 12.0. The summed E-state index contributed by atoms with van der Waals surface area (Å²) in [7, 11) is 3.71. The Kier molecular flexibility index (Phi) is 4.07. The minimum absolute atomic E-state index is 0.0858. The van der Waals surface area contributed by atoms with Crippen LogP contribution in [-0.2, 0) is 0 Å². The maximum atomic E-state index is 6.10. The van der Waals surface area contributed by atoms with Gasteiger partial charge >= 0.3 is 0 Å². The lowest BCUT2D eigenvalue weighted by Gasteiger charge is -2.25. The van der Waals surface area contributed by atoms with Crippen molar-refractivity contribution in [1.29, 1.82) is 0 Å². The number of hydrogen-bond donors (Lipinski definition) is 1. The lowest BCUT2D eigenvalue weighted by Crippen LogP contribution is -2.16. The Labute approximate surface area is 114 Å². The molecule has 0 aliphatic rings. The van der Waals surface area contributed by atoms with Crippen molar-refractivity contribution in [2.75, 3.05) is 19.1 Å². The van der Waals surface area contributed by atoms with Gasteiger partial charge in [0.15, 0.2) is 0 Å². The average molecular weight is 256 g/mol. The molecule has 2 aromatic carbocycles. The number of nitrogens with zero attached hydrogens (tertiary/aromatic N) is 1. The Bertz CT molecular complexity index is 538. The first-order valence-electron chi connectivity index (χ1n) is 6.36. The molecule has 0 fully saturated rings. The molecule has 100 valence electrons. The second-order valence-corrected chi connectivity index (χ2v) is 4.58. The zero-order valence-electron chi connectivity index (χ0n) is 11.6. The van der Waals surface area contributed by atoms with E-state index in [-0.39, 0.29) is 6.04 Å². The smallest absolute Gasteiger partial charge is 0.125 e. The molecule has 0 saturated carbocycles. The molecule has 0 aliphatic heterocycles. The van der Waals surface area contributed by atoms with Gasteiger partial charge in [-0.3, -0.25) is 0 Å². The maximum Gasteiger partial charge on any atom is 0.125 e. The summed E-state index contributed by atoms with van der Waals surface area (Å²) >= 11 is 0. The number of methoxy groups -OCH3 is 1. The van der Waals surface area contributed by atoms with E-state index < -0.39 is 0 Å². The SMILES string of the molecule is COc1cccc(N(C)c2ccccc2)c1[C@H](C)N. The fourth-order valence-corrected chi connectivity index (χ4v) is 2.25. The molecule has 3 heteroatoms. The molecule has 0 radical (unpaired) electrons. The molecule has 0 amide bonds. The summed E-state index contributed by atoms with van der Waals surface area (Å²) in [6.45, 7) is 1.97. The molecule has 2 rings (SSSR count). The highest BCUT2D eigenvalue weighted by Gasteiger charge is 2.16. The molecule has 3 nitrogen and oxygen atoms in total. The Morgan fingerprint density at radius 2 is 1.74 bits per heavy atom. The van der Waals surface area contributed by atoms with Gasteiger partial charge in [0.25, 0.3) is 0 Å². The van der Waals surface area contributed by atoms with Crippen molar-refractivity contribution < 1.29 is 4.74 Å². The van der Waals surface area contributed by atoms with Gasteiger partial charge in [0.2, 0.25) is 0 Å². The van der Waals surface area contributed by atoms with Gasteiger partial charge in [-0.1, -0.05) is 24.3 Å². The van der Waals surface area contributed by atoms with Crippen LogP contribution in [0.5, 0.6) is 5.75 Å². The highest BCUT2D eigenvalue weighted by atomic mass is 16.5. The molecule has 0 unspecified atom stereocenters. The Morgan fingerprint density at radius 3 is 2.32 bits per heavy atom. The molecule has 0 aromatic heterocycles. The van der Waals surface area contributed by atoms with Crippen molar-refractivity contribution in [3.8, 4) is 5.75 Å². The van der Waals surface area contributed by atoms with Crippen molar-refractivity contribution in [2.24, 2.45) is 5.73 Å². The van der Waals surface area contributed by atoms with Gasteiger partial charge in [-0.15, -0.1) is 0 Å². The fourth-order valence-electron chi connectivity index (χ4n) is 2.25. The highest BCUT2D eigenvalue weighted by molar-refractivity contribution is 5.69. The topological polar surface area (TPSA) is 38.5 Å². The Hall–Kier alpha value is -2.00. The van der Waals surface area contributed by atoms with Crippen molar-refractivity contribution in [1.82, 2.24) is 0 Å². The third-order valence-electron chi connectivity index (χ3n) is 3.22. The van der Waals surface area contributed by atoms with Crippen LogP contribution in [0.4, 0.5) is 11.4 Å². The average Bonchev–Trinajstić information content (AvgIpc) is 2.46. The summed E-state index contributed by atoms with van der Waals surface area (Å²) in [5.41, 5.74) is 9.32. The van der Waals surface area contributed by atoms with Gasteiger partial charge < -0.3 is 15.4 Å². The van der Waals surface area contributed by atoms with E-state index >= 15 is 0 Å². The van der Waals surface area contributed by atoms with E-state index in [0.29, 0.717) is 0 Å². The molecule has 0 aliphatic carbocycles. The van der Waals surface area contributed by atoms with E-state index in [2.05, 4.69) is 23.1 Å². The quantitative estimate of drug-likeness (QED) is 0.910. The zero-order valence-corrected chi connectivity index (χ0v) is 11.6. The van der Waals surface area contributed by atoms with Crippen LogP contribution in [0.1, 0.15) is 18.5 Å². The summed E-state index contributed by atoms with van der Waals surface area (Å²) in [5, 5.41) is 0. The van der Waals surface area contributed by atoms with E-state index in [1.165, 1.54) is 0 Å². The van der Waals surface area contributed by atoms with Gasteiger partial charge in [0.05, 0.1) is 7.11 Å². The molecule has 0 heterocycles. The van der Waals surface area contributed by atoms with Gasteiger partial charge in [-0.25, -0.2) is 0 Å². The first kappa shape index (κ1) is 13.4. The first-order valence-corrected chi connectivity index (χ1v) is 6.36. The van der Waals surface area contributed by atoms with Crippen LogP contribution < -0.4 is 15.4 Å². The van der Waals surface area contributed by atoms with Crippen LogP contribution in [0, 0.1) is 0 Å². The molecule has 0 spiro atoms. The summed E-state index contributed by atoms with van der Waals surface area (Å²) in [5.74, 6) is 0.829. The lowest BCUT2D eigenvalue weighted by molar-refractivity contribution is 0.407. The van der Waals surface area contributed by atoms with Gasteiger partial charge in [0, 0.05) is 30.0 Å². The first-order chi connectivity index (χ1) is 9.15. The van der Waals surface area contributed by atoms with E-state index in [1.54, 1.807) is 7.11 Å². The number of nitrogens with two attached hydrogens (primary N) is 1. The molecule has 0 saturated heterocycles. The molecule has 2 N–H and O–H groups in total. The maximum absolute atomic E-state index is 6.10. The van der Waals surface area contributed by atoms with E-state index in [0.717, 1.165) is 22.7 Å². The number of benzene rings is 2. The second kappa shape index (κ2) is 5.76. The second-order valence-electron chi connectivity index (χ2n) is 4.58. The number of para-hydroxylation sites is 1. The van der Waals surface area contributed by atoms with Crippen molar-refractivity contribution in [3.63, 3.8) is 0 Å². The summed E-state index contributed by atoms with van der Waals surface area (Å²) in [6.07, 6.45) is 0. The van der Waals surface area contributed by atoms with Crippen molar-refractivity contribution >= 4 is 11.4 Å². The number of hydrogen-bond acceptors (Lipinski definition) is 3. The molecule has 19 heavy (non-hydrogen) atoms. The zero-order chi connectivity index (χ0) is 13.8. The molecular formula is C16H20N2O. The Morgan fingerprint density at radius 1 is 1.05 bits per heavy atom. The van der Waals surface area contributed by atoms with Gasteiger partial charge in [-0.05, 0) is 31.2 Å². The van der Waals surface area contributed by atoms with Crippen LogP contribution in [-0.4, -0.2) is 14.2 Å². The lowest BCUT2D eigenvalue weighted by atomic mass is 10.0. The van der Waals surface area contributed by atoms with Crippen molar-refractivity contribution in [3.05, 3.63) is 54.1 Å². The number of rotatable bonds is 4. The van der Waals surface area contributed by atoms with Crippen LogP contribution in [0.15, 0.2) is 48.5 Å². The fraction of sp³-hybridized carbons (Fsp3) is 0.250. The third-order valence-corrected chi connectivity index (χ3v) is 3.22. The van der Waals surface area contributed by atoms with Crippen LogP contribution >= 0.6 is 0 Å². The molecule has 2 aromatic rings. The van der Waals surface area contributed by atoms with Crippen LogP contribution in [0.2, 0.25) is 0 Å². The Balaban J connectivity index is 2.50. The largest absolute Gasteiger partial charge is 0.496 e. The standard InChI is InChI=1S/C16H20N2O/c1-12(17)16-14(10-7-11-15(16)19-3)18(2)13-8-5-4-6-9-13/h4-12H,17H2,1-3H3/t12-/m0/s1. The van der Waals surface area contributed by atoms with E-state index in [4.69, 9.17) is 10.5 Å². The summed E-state index contributed by atoms with van der Waals surface area (Å²) in [4.78, 5) is 2.13. The third kappa shape index (κ3) is 2.71. The number of anilines is 2. The predicted octanol–water partition coefficient (Wildman–Crippen LogP) is 3.48. The summed E-state index contributed by atoms with van der Waals surface area (Å²) in [6, 6.07) is 16.1. The minimum Gasteiger partial charge on any atom is -0.496 e. The monoisotopic (exact) mass is 256 g/mol. The van der Waals surface area contributed by atoms with E-state index in [9.17, 15) is 0 Å². The minimum atomic E-state index is -0.0858. The van der Waals surface area contributed by atoms with Gasteiger partial charge in [0.1, 0.15) is 5.75 Å². The molecule has 0 bridgehead atoms. The van der Waals surface area contributed by atoms with Gasteiger partial charge in [-0.2, -0.15) is 0 Å². The molecular weight excluding hydrogens is 236 g/mol. The van der Waals surface area contributed by atoms with Crippen LogP contribution in [0.3, 0.4) is 0 Å². The highest BCUT2D eigenvalue weighted by Crippen LogP contribution is 2.36. The molecule has 1 atom stereocenters. The van der Waals surface area contributed by atoms with Crippen LogP contribution in [0.25, 0.3) is 0 Å². The summed E-state index contributed by atoms with van der Waals surface area (Å²) < 4.78 is 5.43. The van der Waals surface area contributed by atoms with E-state index in [1.807, 2.05) is 44.3 Å². The predicted molar refractivity (Wildman–Crippen MR) is 80.1 cm³/mol.